The Hall–Kier alpha value is -0.550. The van der Waals surface area contributed by atoms with Gasteiger partial charge < -0.3 is 9.88 Å². The van der Waals surface area contributed by atoms with Gasteiger partial charge in [0.15, 0.2) is 0 Å². The largest absolute Gasteiger partial charge is 0.345 e. The summed E-state index contributed by atoms with van der Waals surface area (Å²) in [4.78, 5) is 15.7. The van der Waals surface area contributed by atoms with Gasteiger partial charge in [-0.05, 0) is 25.4 Å². The third-order valence-electron chi connectivity index (χ3n) is 1.95. The lowest BCUT2D eigenvalue weighted by atomic mass is 10.1. The maximum atomic E-state index is 11.8. The van der Waals surface area contributed by atoms with Crippen LogP contribution in [0.1, 0.15) is 24.3 Å². The molecule has 1 aromatic rings. The topological polar surface area (TPSA) is 46.9 Å². The lowest BCUT2D eigenvalue weighted by molar-refractivity contribution is 0.0913. The average Bonchev–Trinajstić information content (AvgIpc) is 2.47. The predicted molar refractivity (Wildman–Crippen MR) is 63.6 cm³/mol. The van der Waals surface area contributed by atoms with Gasteiger partial charge in [0.2, 0.25) is 5.28 Å². The Morgan fingerprint density at radius 2 is 2.33 bits per heavy atom. The highest BCUT2D eigenvalue weighted by molar-refractivity contribution is 9.09. The molecule has 0 spiro atoms. The van der Waals surface area contributed by atoms with Gasteiger partial charge in [-0.2, -0.15) is 0 Å². The first kappa shape index (κ1) is 12.5. The molecule has 1 aromatic heterocycles. The van der Waals surface area contributed by atoms with Crippen LogP contribution in [0.5, 0.6) is 0 Å². The van der Waals surface area contributed by atoms with Gasteiger partial charge in [0.25, 0.3) is 5.91 Å². The van der Waals surface area contributed by atoms with Gasteiger partial charge >= 0.3 is 0 Å². The molecule has 0 aliphatic carbocycles. The lowest BCUT2D eigenvalue weighted by Gasteiger charge is -2.23. The zero-order chi connectivity index (χ0) is 11.6. The molecule has 0 bridgehead atoms. The minimum Gasteiger partial charge on any atom is -0.345 e. The van der Waals surface area contributed by atoms with Crippen molar-refractivity contribution in [2.45, 2.75) is 19.4 Å². The number of nitrogens with zero attached hydrogens (tertiary/aromatic N) is 2. The summed E-state index contributed by atoms with van der Waals surface area (Å²) in [5.74, 6) is -0.179. The summed E-state index contributed by atoms with van der Waals surface area (Å²) in [6, 6.07) is 0. The number of imidazole rings is 1. The van der Waals surface area contributed by atoms with Crippen molar-refractivity contribution >= 4 is 33.4 Å². The van der Waals surface area contributed by atoms with Gasteiger partial charge in [-0.15, -0.1) is 0 Å². The Kier molecular flexibility index (Phi) is 3.78. The molecule has 0 radical (unpaired) electrons. The number of carbonyl (C=O) groups is 1. The van der Waals surface area contributed by atoms with E-state index in [2.05, 4.69) is 26.2 Å². The van der Waals surface area contributed by atoms with Crippen molar-refractivity contribution in [3.63, 3.8) is 0 Å². The fraction of sp³-hybridized carbons (Fsp3) is 0.556. The first-order valence-corrected chi connectivity index (χ1v) is 5.93. The number of rotatable bonds is 3. The van der Waals surface area contributed by atoms with Gasteiger partial charge in [-0.1, -0.05) is 15.9 Å². The third kappa shape index (κ3) is 2.95. The van der Waals surface area contributed by atoms with Gasteiger partial charge in [-0.25, -0.2) is 4.98 Å². The average molecular weight is 295 g/mol. The standard InChI is InChI=1S/C9H13BrClN3O/c1-9(2,5-10)13-7(15)6-4-12-8(11)14(6)3/h4H,5H2,1-3H3,(H,13,15). The van der Waals surface area contributed by atoms with Crippen LogP contribution in [-0.2, 0) is 7.05 Å². The van der Waals surface area contributed by atoms with Crippen LogP contribution >= 0.6 is 27.5 Å². The zero-order valence-electron chi connectivity index (χ0n) is 8.84. The van der Waals surface area contributed by atoms with Gasteiger partial charge in [-0.3, -0.25) is 4.79 Å². The summed E-state index contributed by atoms with van der Waals surface area (Å²) in [7, 11) is 1.70. The van der Waals surface area contributed by atoms with Gasteiger partial charge in [0.1, 0.15) is 5.69 Å². The van der Waals surface area contributed by atoms with E-state index in [9.17, 15) is 4.79 Å². The first-order chi connectivity index (χ1) is 6.87. The summed E-state index contributed by atoms with van der Waals surface area (Å²) < 4.78 is 1.54. The number of nitrogens with one attached hydrogen (secondary N) is 1. The minimum absolute atomic E-state index is 0.179. The second-order valence-electron chi connectivity index (χ2n) is 3.94. The molecule has 0 saturated carbocycles. The van der Waals surface area contributed by atoms with E-state index in [1.165, 1.54) is 6.20 Å². The van der Waals surface area contributed by atoms with Crippen LogP contribution in [0, 0.1) is 0 Å². The molecule has 1 N–H and O–H groups in total. The molecule has 1 amide bonds. The van der Waals surface area contributed by atoms with E-state index < -0.39 is 0 Å². The molecule has 0 aromatic carbocycles. The molecule has 0 unspecified atom stereocenters. The van der Waals surface area contributed by atoms with E-state index >= 15 is 0 Å². The highest BCUT2D eigenvalue weighted by Gasteiger charge is 2.21. The summed E-state index contributed by atoms with van der Waals surface area (Å²) in [6.45, 7) is 3.86. The van der Waals surface area contributed by atoms with Crippen molar-refractivity contribution in [3.8, 4) is 0 Å². The molecule has 0 aliphatic rings. The zero-order valence-corrected chi connectivity index (χ0v) is 11.2. The Morgan fingerprint density at radius 1 is 1.73 bits per heavy atom. The van der Waals surface area contributed by atoms with Crippen molar-refractivity contribution in [1.82, 2.24) is 14.9 Å². The van der Waals surface area contributed by atoms with Crippen LogP contribution in [0.2, 0.25) is 5.28 Å². The van der Waals surface area contributed by atoms with E-state index in [0.717, 1.165) is 0 Å². The highest BCUT2D eigenvalue weighted by Crippen LogP contribution is 2.11. The molecule has 0 atom stereocenters. The fourth-order valence-electron chi connectivity index (χ4n) is 1.00. The molecule has 1 heterocycles. The van der Waals surface area contributed by atoms with Gasteiger partial charge in [0.05, 0.1) is 6.20 Å². The number of alkyl halides is 1. The second-order valence-corrected chi connectivity index (χ2v) is 4.84. The third-order valence-corrected chi connectivity index (χ3v) is 3.70. The predicted octanol–water partition coefficient (Wildman–Crippen LogP) is 1.98. The molecular weight excluding hydrogens is 281 g/mol. The Bertz CT molecular complexity index is 375. The summed E-state index contributed by atoms with van der Waals surface area (Å²) in [6.07, 6.45) is 1.46. The molecule has 15 heavy (non-hydrogen) atoms. The van der Waals surface area contributed by atoms with Crippen LogP contribution in [0.3, 0.4) is 0 Å². The Labute approximate surface area is 102 Å². The van der Waals surface area contributed by atoms with Crippen LogP contribution in [0.4, 0.5) is 0 Å². The Morgan fingerprint density at radius 3 is 2.73 bits per heavy atom. The van der Waals surface area contributed by atoms with E-state index in [-0.39, 0.29) is 11.4 Å². The monoisotopic (exact) mass is 293 g/mol. The lowest BCUT2D eigenvalue weighted by Crippen LogP contribution is -2.45. The van der Waals surface area contributed by atoms with Gasteiger partial charge in [0, 0.05) is 17.9 Å². The van der Waals surface area contributed by atoms with Crippen LogP contribution in [0.15, 0.2) is 6.20 Å². The van der Waals surface area contributed by atoms with Crippen molar-refractivity contribution in [3.05, 3.63) is 17.2 Å². The summed E-state index contributed by atoms with van der Waals surface area (Å²) >= 11 is 9.07. The number of hydrogen-bond donors (Lipinski definition) is 1. The molecule has 4 nitrogen and oxygen atoms in total. The summed E-state index contributed by atoms with van der Waals surface area (Å²) in [5, 5.41) is 3.85. The van der Waals surface area contributed by atoms with Crippen LogP contribution in [0.25, 0.3) is 0 Å². The molecular formula is C9H13BrClN3O. The van der Waals surface area contributed by atoms with E-state index in [0.29, 0.717) is 16.3 Å². The smallest absolute Gasteiger partial charge is 0.270 e. The van der Waals surface area contributed by atoms with Crippen molar-refractivity contribution in [2.75, 3.05) is 5.33 Å². The van der Waals surface area contributed by atoms with Crippen LogP contribution < -0.4 is 5.32 Å². The van der Waals surface area contributed by atoms with Crippen molar-refractivity contribution in [2.24, 2.45) is 7.05 Å². The molecule has 0 saturated heterocycles. The quantitative estimate of drug-likeness (QED) is 0.867. The first-order valence-electron chi connectivity index (χ1n) is 4.43. The van der Waals surface area contributed by atoms with E-state index in [1.54, 1.807) is 11.6 Å². The molecule has 0 fully saturated rings. The van der Waals surface area contributed by atoms with Crippen molar-refractivity contribution in [1.29, 1.82) is 0 Å². The maximum Gasteiger partial charge on any atom is 0.270 e. The number of hydrogen-bond acceptors (Lipinski definition) is 2. The number of carbonyl (C=O) groups excluding carboxylic acids is 1. The van der Waals surface area contributed by atoms with E-state index in [4.69, 9.17) is 11.6 Å². The number of aromatic nitrogens is 2. The van der Waals surface area contributed by atoms with E-state index in [1.807, 2.05) is 13.8 Å². The summed E-state index contributed by atoms with van der Waals surface area (Å²) in [5.41, 5.74) is 0.155. The minimum atomic E-state index is -0.298. The molecule has 84 valence electrons. The number of halogens is 2. The second kappa shape index (κ2) is 4.53. The Balaban J connectivity index is 2.83. The molecule has 0 aliphatic heterocycles. The number of amides is 1. The molecule has 6 heteroatoms. The SMILES string of the molecule is Cn1c(C(=O)NC(C)(C)CBr)cnc1Cl. The van der Waals surface area contributed by atoms with Crippen molar-refractivity contribution < 1.29 is 4.79 Å². The molecule has 1 rings (SSSR count). The fourth-order valence-corrected chi connectivity index (χ4v) is 1.28. The normalized spacial score (nSPS) is 11.5. The van der Waals surface area contributed by atoms with Crippen LogP contribution in [-0.4, -0.2) is 26.3 Å². The maximum absolute atomic E-state index is 11.8. The highest BCUT2D eigenvalue weighted by atomic mass is 79.9.